The molecule has 0 aliphatic heterocycles. The normalized spacial score (nSPS) is 9.89. The van der Waals surface area contributed by atoms with Gasteiger partial charge in [-0.2, -0.15) is 5.26 Å². The Morgan fingerprint density at radius 2 is 1.93 bits per heavy atom. The van der Waals surface area contributed by atoms with Crippen molar-refractivity contribution in [2.45, 2.75) is 13.5 Å². The molecule has 8 nitrogen and oxygen atoms in total. The number of rotatable bonds is 8. The van der Waals surface area contributed by atoms with E-state index in [1.165, 1.54) is 0 Å². The van der Waals surface area contributed by atoms with Crippen molar-refractivity contribution < 1.29 is 19.1 Å². The van der Waals surface area contributed by atoms with Crippen molar-refractivity contribution in [1.29, 1.82) is 5.26 Å². The molecule has 0 saturated heterocycles. The third-order valence-electron chi connectivity index (χ3n) is 3.50. The maximum atomic E-state index is 12.1. The van der Waals surface area contributed by atoms with Crippen LogP contribution in [0.25, 0.3) is 0 Å². The molecule has 0 aliphatic carbocycles. The summed E-state index contributed by atoms with van der Waals surface area (Å²) in [6.07, 6.45) is 0. The van der Waals surface area contributed by atoms with Gasteiger partial charge in [0.2, 0.25) is 0 Å². The van der Waals surface area contributed by atoms with E-state index in [1.807, 2.05) is 13.0 Å². The summed E-state index contributed by atoms with van der Waals surface area (Å²) in [7, 11) is 0. The minimum absolute atomic E-state index is 0.216. The Bertz CT molecular complexity index is 894. The number of nitrogens with one attached hydrogen (secondary N) is 2. The molecule has 0 unspecified atom stereocenters. The predicted molar refractivity (Wildman–Crippen MR) is 107 cm³/mol. The van der Waals surface area contributed by atoms with Gasteiger partial charge in [0.25, 0.3) is 5.91 Å². The molecule has 9 heteroatoms. The highest BCUT2D eigenvalue weighted by molar-refractivity contribution is 9.10. The third kappa shape index (κ3) is 6.17. The zero-order valence-electron chi connectivity index (χ0n) is 15.1. The molecule has 0 bridgehead atoms. The number of nitriles is 1. The highest BCUT2D eigenvalue weighted by atomic mass is 79.9. The van der Waals surface area contributed by atoms with Crippen LogP contribution in [0.3, 0.4) is 0 Å². The number of nitrogens with zero attached hydrogens (tertiary/aromatic N) is 1. The van der Waals surface area contributed by atoms with Crippen LogP contribution in [-0.4, -0.2) is 25.2 Å². The lowest BCUT2D eigenvalue weighted by atomic mass is 10.2. The summed E-state index contributed by atoms with van der Waals surface area (Å²) in [5.74, 6) is 0.426. The van der Waals surface area contributed by atoms with E-state index in [0.717, 1.165) is 5.56 Å². The van der Waals surface area contributed by atoms with Crippen molar-refractivity contribution >= 4 is 33.6 Å². The van der Waals surface area contributed by atoms with Crippen LogP contribution in [0.1, 0.15) is 18.1 Å². The van der Waals surface area contributed by atoms with Gasteiger partial charge in [-0.25, -0.2) is 4.79 Å². The van der Waals surface area contributed by atoms with E-state index in [0.29, 0.717) is 40.4 Å². The van der Waals surface area contributed by atoms with Gasteiger partial charge >= 0.3 is 6.03 Å². The summed E-state index contributed by atoms with van der Waals surface area (Å²) in [6, 6.07) is 11.4. The number of benzene rings is 2. The van der Waals surface area contributed by atoms with Crippen LogP contribution in [0.5, 0.6) is 11.5 Å². The molecule has 2 aromatic rings. The largest absolute Gasteiger partial charge is 0.490 e. The average molecular weight is 447 g/mol. The fraction of sp³-hybridized carbons (Fsp3) is 0.211. The predicted octanol–water partition coefficient (Wildman–Crippen LogP) is 2.91. The number of anilines is 1. The Kier molecular flexibility index (Phi) is 7.65. The summed E-state index contributed by atoms with van der Waals surface area (Å²) in [5, 5.41) is 14.2. The van der Waals surface area contributed by atoms with Gasteiger partial charge in [0.1, 0.15) is 0 Å². The second-order valence-corrected chi connectivity index (χ2v) is 6.44. The molecule has 146 valence electrons. The van der Waals surface area contributed by atoms with Crippen LogP contribution in [-0.2, 0) is 11.3 Å². The molecule has 0 atom stereocenters. The Balaban J connectivity index is 1.92. The summed E-state index contributed by atoms with van der Waals surface area (Å²) < 4.78 is 11.6. The van der Waals surface area contributed by atoms with Crippen LogP contribution >= 0.6 is 15.9 Å². The molecule has 0 spiro atoms. The van der Waals surface area contributed by atoms with Crippen molar-refractivity contribution in [2.24, 2.45) is 5.73 Å². The number of halogens is 1. The number of hydrogen-bond acceptors (Lipinski definition) is 5. The Labute approximate surface area is 170 Å². The van der Waals surface area contributed by atoms with E-state index in [-0.39, 0.29) is 12.5 Å². The zero-order valence-corrected chi connectivity index (χ0v) is 16.7. The Morgan fingerprint density at radius 1 is 1.21 bits per heavy atom. The van der Waals surface area contributed by atoms with E-state index in [9.17, 15) is 9.59 Å². The van der Waals surface area contributed by atoms with Gasteiger partial charge in [-0.05, 0) is 46.6 Å². The number of urea groups is 1. The number of primary amides is 1. The van der Waals surface area contributed by atoms with Crippen LogP contribution < -0.4 is 25.8 Å². The lowest BCUT2D eigenvalue weighted by Crippen LogP contribution is -2.28. The van der Waals surface area contributed by atoms with Crippen LogP contribution in [0.4, 0.5) is 10.5 Å². The number of nitrogens with two attached hydrogens (primary N) is 1. The highest BCUT2D eigenvalue weighted by Crippen LogP contribution is 2.36. The first-order chi connectivity index (χ1) is 13.4. The number of ether oxygens (including phenoxy) is 2. The minimum Gasteiger partial charge on any atom is -0.490 e. The van der Waals surface area contributed by atoms with Gasteiger partial charge < -0.3 is 25.8 Å². The first-order valence-corrected chi connectivity index (χ1v) is 9.13. The molecule has 28 heavy (non-hydrogen) atoms. The number of carbonyl (C=O) groups is 2. The van der Waals surface area contributed by atoms with E-state index >= 15 is 0 Å². The van der Waals surface area contributed by atoms with Crippen LogP contribution in [0.15, 0.2) is 40.9 Å². The Morgan fingerprint density at radius 3 is 2.54 bits per heavy atom. The molecular weight excluding hydrogens is 428 g/mol. The molecule has 0 saturated carbocycles. The molecular formula is C19H19BrN4O4. The summed E-state index contributed by atoms with van der Waals surface area (Å²) in [5.41, 5.74) is 6.88. The maximum absolute atomic E-state index is 12.1. The zero-order chi connectivity index (χ0) is 20.5. The molecule has 0 aromatic heterocycles. The molecule has 0 fully saturated rings. The molecule has 0 aliphatic rings. The summed E-state index contributed by atoms with van der Waals surface area (Å²) in [4.78, 5) is 22.9. The van der Waals surface area contributed by atoms with Gasteiger partial charge in [0, 0.05) is 18.3 Å². The minimum atomic E-state index is -0.640. The summed E-state index contributed by atoms with van der Waals surface area (Å²) in [6.45, 7) is 2.29. The number of hydrogen-bond donors (Lipinski definition) is 3. The molecule has 2 rings (SSSR count). The van der Waals surface area contributed by atoms with Crippen molar-refractivity contribution in [2.75, 3.05) is 18.5 Å². The van der Waals surface area contributed by atoms with Gasteiger partial charge in [0.15, 0.2) is 18.1 Å². The fourth-order valence-corrected chi connectivity index (χ4v) is 2.83. The first-order valence-electron chi connectivity index (χ1n) is 8.34. The van der Waals surface area contributed by atoms with Gasteiger partial charge in [0.05, 0.1) is 22.7 Å². The second-order valence-electron chi connectivity index (χ2n) is 5.58. The first kappa shape index (κ1) is 21.1. The topological polar surface area (TPSA) is 126 Å². The van der Waals surface area contributed by atoms with Crippen molar-refractivity contribution in [3.63, 3.8) is 0 Å². The number of amides is 3. The maximum Gasteiger partial charge on any atom is 0.316 e. The highest BCUT2D eigenvalue weighted by Gasteiger charge is 2.14. The van der Waals surface area contributed by atoms with Crippen LogP contribution in [0.2, 0.25) is 0 Å². The smallest absolute Gasteiger partial charge is 0.316 e. The van der Waals surface area contributed by atoms with Gasteiger partial charge in [-0.15, -0.1) is 0 Å². The SMILES string of the molecule is CCOc1cc(C#N)cc(Br)c1OCC(=O)NCc1ccc(NC(N)=O)cc1. The summed E-state index contributed by atoms with van der Waals surface area (Å²) >= 11 is 3.33. The molecule has 2 aromatic carbocycles. The molecule has 4 N–H and O–H groups in total. The number of carbonyl (C=O) groups excluding carboxylic acids is 2. The van der Waals surface area contributed by atoms with E-state index in [1.54, 1.807) is 36.4 Å². The van der Waals surface area contributed by atoms with Crippen LogP contribution in [0, 0.1) is 11.3 Å². The lowest BCUT2D eigenvalue weighted by Gasteiger charge is -2.14. The van der Waals surface area contributed by atoms with Crippen molar-refractivity contribution in [1.82, 2.24) is 5.32 Å². The molecule has 0 heterocycles. The standard InChI is InChI=1S/C19H19BrN4O4/c1-2-27-16-8-13(9-21)7-15(20)18(16)28-11-17(25)23-10-12-3-5-14(6-4-12)24-19(22)26/h3-8H,2,10-11H2,1H3,(H,23,25)(H3,22,24,26). The van der Waals surface area contributed by atoms with E-state index in [4.69, 9.17) is 20.5 Å². The Hall–Kier alpha value is -3.25. The van der Waals surface area contributed by atoms with E-state index in [2.05, 4.69) is 26.6 Å². The molecule has 3 amide bonds. The van der Waals surface area contributed by atoms with Crippen molar-refractivity contribution in [3.8, 4) is 17.6 Å². The van der Waals surface area contributed by atoms with Gasteiger partial charge in [-0.3, -0.25) is 4.79 Å². The van der Waals surface area contributed by atoms with E-state index < -0.39 is 6.03 Å². The van der Waals surface area contributed by atoms with Gasteiger partial charge in [-0.1, -0.05) is 12.1 Å². The quantitative estimate of drug-likeness (QED) is 0.574. The second kappa shape index (κ2) is 10.2. The third-order valence-corrected chi connectivity index (χ3v) is 4.09. The monoisotopic (exact) mass is 446 g/mol. The van der Waals surface area contributed by atoms with Crippen molar-refractivity contribution in [3.05, 3.63) is 52.0 Å². The average Bonchev–Trinajstić information content (AvgIpc) is 2.66. The molecule has 0 radical (unpaired) electrons. The fourth-order valence-electron chi connectivity index (χ4n) is 2.27. The lowest BCUT2D eigenvalue weighted by molar-refractivity contribution is -0.123.